The van der Waals surface area contributed by atoms with E-state index in [0.29, 0.717) is 48.4 Å². The minimum absolute atomic E-state index is 0.0126. The van der Waals surface area contributed by atoms with E-state index in [-0.39, 0.29) is 29.9 Å². The van der Waals surface area contributed by atoms with Crippen molar-refractivity contribution in [3.05, 3.63) is 29.5 Å². The van der Waals surface area contributed by atoms with Crippen LogP contribution in [0.25, 0.3) is 0 Å². The number of rotatable bonds is 9. The Morgan fingerprint density at radius 3 is 2.52 bits per heavy atom. The molecule has 0 spiro atoms. The number of benzene rings is 1. The fourth-order valence-electron chi connectivity index (χ4n) is 7.99. The molecule has 248 valence electrons. The number of carbonyl (C=O) groups is 2. The van der Waals surface area contributed by atoms with E-state index in [1.54, 1.807) is 18.1 Å². The van der Waals surface area contributed by atoms with Crippen LogP contribution in [-0.4, -0.2) is 102 Å². The van der Waals surface area contributed by atoms with E-state index in [9.17, 15) is 9.59 Å². The second-order valence-corrected chi connectivity index (χ2v) is 14.2. The third-order valence-corrected chi connectivity index (χ3v) is 10.8. The molecule has 2 saturated carbocycles. The lowest BCUT2D eigenvalue weighted by Gasteiger charge is -2.42. The van der Waals surface area contributed by atoms with Gasteiger partial charge in [-0.15, -0.1) is 0 Å². The molecule has 1 saturated heterocycles. The molecule has 1 aromatic carbocycles. The number of carbonyl (C=O) groups excluding carboxylic acids is 2. The fourth-order valence-corrected chi connectivity index (χ4v) is 7.99. The summed E-state index contributed by atoms with van der Waals surface area (Å²) in [7, 11) is 1.78. The lowest BCUT2D eigenvalue weighted by atomic mass is 9.89. The molecule has 1 aromatic heterocycles. The highest BCUT2D eigenvalue weighted by Gasteiger charge is 2.38. The molecule has 3 aliphatic heterocycles. The minimum Gasteiger partial charge on any atom is -0.491 e. The van der Waals surface area contributed by atoms with E-state index in [0.717, 1.165) is 48.7 Å². The summed E-state index contributed by atoms with van der Waals surface area (Å²) in [5, 5.41) is 6.71. The van der Waals surface area contributed by atoms with E-state index < -0.39 is 0 Å². The Hall–Kier alpha value is -3.44. The molecule has 7 rings (SSSR count). The van der Waals surface area contributed by atoms with E-state index in [2.05, 4.69) is 44.2 Å². The number of nitrogens with one attached hydrogen (secondary N) is 2. The average Bonchev–Trinajstić information content (AvgIpc) is 3.73. The Labute approximate surface area is 273 Å². The van der Waals surface area contributed by atoms with Gasteiger partial charge in [0.2, 0.25) is 11.9 Å². The molecule has 11 heteroatoms. The highest BCUT2D eigenvalue weighted by molar-refractivity contribution is 6.04. The zero-order chi connectivity index (χ0) is 31.9. The number of ether oxygens (including phenoxy) is 1. The third kappa shape index (κ3) is 6.15. The predicted molar refractivity (Wildman–Crippen MR) is 180 cm³/mol. The summed E-state index contributed by atoms with van der Waals surface area (Å²) >= 11 is 0. The van der Waals surface area contributed by atoms with Crippen molar-refractivity contribution in [2.45, 2.75) is 96.3 Å². The van der Waals surface area contributed by atoms with Crippen LogP contribution in [0.2, 0.25) is 0 Å². The maximum Gasteiger partial charge on any atom is 0.251 e. The zero-order valence-corrected chi connectivity index (χ0v) is 27.9. The van der Waals surface area contributed by atoms with Crippen LogP contribution >= 0.6 is 0 Å². The summed E-state index contributed by atoms with van der Waals surface area (Å²) in [6, 6.07) is 4.47. The fraction of sp³-hybridized carbons (Fsp3) is 0.657. The van der Waals surface area contributed by atoms with Crippen LogP contribution in [0.15, 0.2) is 18.3 Å². The molecule has 2 aliphatic carbocycles. The van der Waals surface area contributed by atoms with Crippen molar-refractivity contribution in [2.24, 2.45) is 5.92 Å². The standard InChI is InChI=1S/C35H50N8O3/c1-5-29-34(45)40(4)30-20-36-35(39-32(30)43(29)22(2)3)38-28-13-12-27(26-14-19-46-31(26)28)33(44)37-24-8-10-25(11-9-24)42-17-15-41(16-18-42)21-23-6-7-23/h12-13,20,22-25,29H,5-11,14-19,21H2,1-4H3,(H,37,44)(H,36,38,39)/t24?,25?,29-/m0/s1. The number of hydrogen-bond donors (Lipinski definition) is 2. The summed E-state index contributed by atoms with van der Waals surface area (Å²) in [5.74, 6) is 2.87. The zero-order valence-electron chi connectivity index (χ0n) is 27.9. The van der Waals surface area contributed by atoms with Gasteiger partial charge in [0.15, 0.2) is 5.82 Å². The van der Waals surface area contributed by atoms with Gasteiger partial charge in [0, 0.05) is 75.4 Å². The Balaban J connectivity index is 0.991. The average molecular weight is 631 g/mol. The first-order valence-electron chi connectivity index (χ1n) is 17.6. The van der Waals surface area contributed by atoms with Crippen LogP contribution in [0.5, 0.6) is 5.75 Å². The van der Waals surface area contributed by atoms with Crippen molar-refractivity contribution in [2.75, 3.05) is 61.5 Å². The van der Waals surface area contributed by atoms with Crippen molar-refractivity contribution in [3.63, 3.8) is 0 Å². The first-order chi connectivity index (χ1) is 22.3. The largest absolute Gasteiger partial charge is 0.491 e. The quantitative estimate of drug-likeness (QED) is 0.422. The molecule has 46 heavy (non-hydrogen) atoms. The Morgan fingerprint density at radius 2 is 1.83 bits per heavy atom. The van der Waals surface area contributed by atoms with Gasteiger partial charge in [0.1, 0.15) is 17.5 Å². The molecule has 0 unspecified atom stereocenters. The lowest BCUT2D eigenvalue weighted by molar-refractivity contribution is -0.120. The van der Waals surface area contributed by atoms with Crippen LogP contribution in [0.4, 0.5) is 23.1 Å². The summed E-state index contributed by atoms with van der Waals surface area (Å²) in [6.07, 6.45) is 10.3. The van der Waals surface area contributed by atoms with Gasteiger partial charge in [0.25, 0.3) is 5.91 Å². The second-order valence-electron chi connectivity index (χ2n) is 14.2. The molecule has 4 heterocycles. The van der Waals surface area contributed by atoms with Gasteiger partial charge < -0.3 is 30.1 Å². The monoisotopic (exact) mass is 630 g/mol. The smallest absolute Gasteiger partial charge is 0.251 e. The summed E-state index contributed by atoms with van der Waals surface area (Å²) in [5.41, 5.74) is 3.06. The Kier molecular flexibility index (Phi) is 8.80. The first-order valence-corrected chi connectivity index (χ1v) is 17.6. The predicted octanol–water partition coefficient (Wildman–Crippen LogP) is 4.19. The van der Waals surface area contributed by atoms with Gasteiger partial charge in [-0.05, 0) is 76.8 Å². The lowest BCUT2D eigenvalue weighted by Crippen LogP contribution is -2.54. The molecule has 2 amide bonds. The van der Waals surface area contributed by atoms with Gasteiger partial charge in [-0.1, -0.05) is 6.92 Å². The molecular weight excluding hydrogens is 580 g/mol. The van der Waals surface area contributed by atoms with Crippen LogP contribution in [0, 0.1) is 5.92 Å². The number of aromatic nitrogens is 2. The molecule has 11 nitrogen and oxygen atoms in total. The Bertz CT molecular complexity index is 1450. The van der Waals surface area contributed by atoms with Crippen molar-refractivity contribution in [3.8, 4) is 5.75 Å². The molecule has 3 fully saturated rings. The summed E-state index contributed by atoms with van der Waals surface area (Å²) in [4.78, 5) is 45.1. The second kappa shape index (κ2) is 13.0. The van der Waals surface area contributed by atoms with Crippen molar-refractivity contribution in [1.29, 1.82) is 0 Å². The Morgan fingerprint density at radius 1 is 1.07 bits per heavy atom. The van der Waals surface area contributed by atoms with E-state index in [1.807, 2.05) is 19.1 Å². The van der Waals surface area contributed by atoms with E-state index in [4.69, 9.17) is 9.72 Å². The molecule has 5 aliphatic rings. The first kappa shape index (κ1) is 31.2. The number of nitrogens with zero attached hydrogens (tertiary/aromatic N) is 6. The number of piperazine rings is 1. The van der Waals surface area contributed by atoms with Crippen LogP contribution < -0.4 is 25.2 Å². The SMILES string of the molecule is CC[C@H]1C(=O)N(C)c2cnc(Nc3ccc(C(=O)NC4CCC(N5CCN(CC6CC6)CC5)CC4)c4c3OCC4)nc2N1C(C)C. The van der Waals surface area contributed by atoms with Crippen molar-refractivity contribution < 1.29 is 14.3 Å². The summed E-state index contributed by atoms with van der Waals surface area (Å²) < 4.78 is 6.06. The number of anilines is 4. The van der Waals surface area contributed by atoms with E-state index >= 15 is 0 Å². The van der Waals surface area contributed by atoms with Crippen molar-refractivity contribution >= 4 is 35.0 Å². The van der Waals surface area contributed by atoms with Gasteiger partial charge >= 0.3 is 0 Å². The number of fused-ring (bicyclic) bond motifs is 2. The number of hydrogen-bond acceptors (Lipinski definition) is 9. The third-order valence-electron chi connectivity index (χ3n) is 10.8. The normalized spacial score (nSPS) is 25.3. The summed E-state index contributed by atoms with van der Waals surface area (Å²) in [6.45, 7) is 12.8. The van der Waals surface area contributed by atoms with Gasteiger partial charge in [-0.3, -0.25) is 14.5 Å². The van der Waals surface area contributed by atoms with Crippen molar-refractivity contribution in [1.82, 2.24) is 25.1 Å². The number of amides is 2. The van der Waals surface area contributed by atoms with Gasteiger partial charge in [-0.2, -0.15) is 4.98 Å². The van der Waals surface area contributed by atoms with Crippen LogP contribution in [0.3, 0.4) is 0 Å². The molecule has 2 N–H and O–H groups in total. The number of likely N-dealkylation sites (N-methyl/N-ethyl adjacent to an activating group) is 1. The molecule has 2 aromatic rings. The highest BCUT2D eigenvalue weighted by atomic mass is 16.5. The maximum absolute atomic E-state index is 13.6. The highest BCUT2D eigenvalue weighted by Crippen LogP contribution is 2.40. The van der Waals surface area contributed by atoms with Crippen LogP contribution in [-0.2, 0) is 11.2 Å². The van der Waals surface area contributed by atoms with Crippen LogP contribution in [0.1, 0.15) is 81.6 Å². The van der Waals surface area contributed by atoms with Gasteiger partial charge in [0.05, 0.1) is 18.5 Å². The van der Waals surface area contributed by atoms with E-state index in [1.165, 1.54) is 45.6 Å². The molecule has 1 atom stereocenters. The molecular formula is C35H50N8O3. The van der Waals surface area contributed by atoms with Gasteiger partial charge in [-0.25, -0.2) is 4.98 Å². The molecule has 0 bridgehead atoms. The maximum atomic E-state index is 13.6. The molecule has 0 radical (unpaired) electrons. The topological polar surface area (TPSA) is 106 Å². The minimum atomic E-state index is -0.270.